The Morgan fingerprint density at radius 2 is 1.45 bits per heavy atom. The normalized spacial score (nSPS) is 14.5. The van der Waals surface area contributed by atoms with Crippen LogP contribution in [0.2, 0.25) is 0 Å². The fourth-order valence-electron chi connectivity index (χ4n) is 2.61. The van der Waals surface area contributed by atoms with E-state index in [4.69, 9.17) is 0 Å². The third-order valence-corrected chi connectivity index (χ3v) is 6.30. The van der Waals surface area contributed by atoms with Gasteiger partial charge in [0.25, 0.3) is 0 Å². The van der Waals surface area contributed by atoms with Gasteiger partial charge in [-0.1, -0.05) is 68.4 Å². The van der Waals surface area contributed by atoms with Crippen LogP contribution in [-0.2, 0) is 9.84 Å². The molecule has 22 heavy (non-hydrogen) atoms. The minimum absolute atomic E-state index is 0.0463. The molecule has 0 aliphatic heterocycles. The number of benzene rings is 2. The second-order valence-corrected chi connectivity index (χ2v) is 7.84. The first kappa shape index (κ1) is 16.7. The molecule has 2 aromatic rings. The minimum Gasteiger partial charge on any atom is -0.387 e. The van der Waals surface area contributed by atoms with E-state index in [0.717, 1.165) is 11.1 Å². The van der Waals surface area contributed by atoms with Gasteiger partial charge in [0.2, 0.25) is 0 Å². The summed E-state index contributed by atoms with van der Waals surface area (Å²) >= 11 is 0. The van der Waals surface area contributed by atoms with Gasteiger partial charge in [0.15, 0.2) is 9.84 Å². The molecule has 0 aromatic heterocycles. The van der Waals surface area contributed by atoms with Crippen LogP contribution in [0.1, 0.15) is 31.9 Å². The highest BCUT2D eigenvalue weighted by Gasteiger charge is 2.30. The maximum Gasteiger partial charge on any atom is 0.155 e. The van der Waals surface area contributed by atoms with Crippen LogP contribution in [0, 0.1) is 0 Å². The fourth-order valence-corrected chi connectivity index (χ4v) is 4.09. The molecule has 0 fully saturated rings. The average molecular weight is 318 g/mol. The van der Waals surface area contributed by atoms with Crippen molar-refractivity contribution >= 4 is 9.84 Å². The number of aliphatic hydroxyl groups excluding tert-OH is 1. The Bertz CT molecular complexity index is 691. The Hall–Kier alpha value is -1.65. The van der Waals surface area contributed by atoms with Crippen molar-refractivity contribution < 1.29 is 13.5 Å². The Kier molecular flexibility index (Phi) is 5.37. The number of rotatable bonds is 6. The molecule has 1 N–H and O–H groups in total. The van der Waals surface area contributed by atoms with E-state index in [9.17, 15) is 13.5 Å². The highest BCUT2D eigenvalue weighted by molar-refractivity contribution is 7.92. The fraction of sp³-hybridized carbons (Fsp3) is 0.333. The van der Waals surface area contributed by atoms with Crippen molar-refractivity contribution in [2.24, 2.45) is 0 Å². The summed E-state index contributed by atoms with van der Waals surface area (Å²) in [5.74, 6) is 0.0463. The van der Waals surface area contributed by atoms with E-state index < -0.39 is 21.2 Å². The predicted molar refractivity (Wildman–Crippen MR) is 90.4 cm³/mol. The van der Waals surface area contributed by atoms with Crippen molar-refractivity contribution in [3.8, 4) is 11.1 Å². The maximum absolute atomic E-state index is 12.1. The Balaban J connectivity index is 2.26. The molecule has 4 heteroatoms. The van der Waals surface area contributed by atoms with Crippen LogP contribution >= 0.6 is 0 Å². The highest BCUT2D eigenvalue weighted by Crippen LogP contribution is 2.27. The molecule has 0 radical (unpaired) electrons. The van der Waals surface area contributed by atoms with E-state index in [0.29, 0.717) is 12.0 Å². The van der Waals surface area contributed by atoms with E-state index in [2.05, 4.69) is 0 Å². The van der Waals surface area contributed by atoms with Gasteiger partial charge in [0.05, 0.1) is 11.4 Å². The monoisotopic (exact) mass is 318 g/mol. The number of aliphatic hydroxyl groups is 1. The van der Waals surface area contributed by atoms with Crippen LogP contribution in [0.15, 0.2) is 54.6 Å². The van der Waals surface area contributed by atoms with E-state index in [-0.39, 0.29) is 5.75 Å². The summed E-state index contributed by atoms with van der Waals surface area (Å²) in [7, 11) is -3.27. The molecule has 0 aliphatic carbocycles. The molecule has 2 aromatic carbocycles. The summed E-state index contributed by atoms with van der Waals surface area (Å²) in [6.07, 6.45) is -0.586. The quantitative estimate of drug-likeness (QED) is 0.885. The molecule has 2 unspecified atom stereocenters. The molecule has 118 valence electrons. The topological polar surface area (TPSA) is 54.4 Å². The highest BCUT2D eigenvalue weighted by atomic mass is 32.2. The van der Waals surface area contributed by atoms with Crippen molar-refractivity contribution in [2.75, 3.05) is 5.75 Å². The average Bonchev–Trinajstić information content (AvgIpc) is 2.56. The number of sulfone groups is 1. The molecule has 0 aliphatic rings. The molecule has 0 bridgehead atoms. The molecule has 0 amide bonds. The van der Waals surface area contributed by atoms with Crippen molar-refractivity contribution in [3.63, 3.8) is 0 Å². The molecule has 0 saturated heterocycles. The van der Waals surface area contributed by atoms with Crippen LogP contribution in [0.5, 0.6) is 0 Å². The predicted octanol–water partition coefficient (Wildman–Crippen LogP) is 3.60. The lowest BCUT2D eigenvalue weighted by molar-refractivity contribution is 0.169. The summed E-state index contributed by atoms with van der Waals surface area (Å²) in [5.41, 5.74) is 2.78. The molecule has 0 saturated carbocycles. The van der Waals surface area contributed by atoms with Gasteiger partial charge in [0.1, 0.15) is 0 Å². The van der Waals surface area contributed by atoms with Crippen LogP contribution in [0.25, 0.3) is 11.1 Å². The summed E-state index contributed by atoms with van der Waals surface area (Å²) in [5, 5.41) is 9.68. The second kappa shape index (κ2) is 7.07. The molecule has 0 spiro atoms. The standard InChI is InChI=1S/C18H22O3S/c1-3-17(22(20,21)4-2)18(19)16-12-10-15(11-13-16)14-8-6-5-7-9-14/h5-13,17-19H,3-4H2,1-2H3. The van der Waals surface area contributed by atoms with Gasteiger partial charge >= 0.3 is 0 Å². The van der Waals surface area contributed by atoms with Gasteiger partial charge in [-0.15, -0.1) is 0 Å². The minimum atomic E-state index is -3.27. The Morgan fingerprint density at radius 3 is 1.95 bits per heavy atom. The number of hydrogen-bond acceptors (Lipinski definition) is 3. The van der Waals surface area contributed by atoms with Gasteiger partial charge in [0, 0.05) is 5.75 Å². The van der Waals surface area contributed by atoms with Crippen molar-refractivity contribution in [2.45, 2.75) is 31.6 Å². The van der Waals surface area contributed by atoms with E-state index in [1.165, 1.54) is 0 Å². The third-order valence-electron chi connectivity index (χ3n) is 3.98. The second-order valence-electron chi connectivity index (χ2n) is 5.33. The lowest BCUT2D eigenvalue weighted by Crippen LogP contribution is -2.29. The van der Waals surface area contributed by atoms with Crippen LogP contribution < -0.4 is 0 Å². The van der Waals surface area contributed by atoms with E-state index in [1.807, 2.05) is 42.5 Å². The van der Waals surface area contributed by atoms with Crippen molar-refractivity contribution in [3.05, 3.63) is 60.2 Å². The largest absolute Gasteiger partial charge is 0.387 e. The van der Waals surface area contributed by atoms with Gasteiger partial charge in [-0.3, -0.25) is 0 Å². The zero-order valence-corrected chi connectivity index (χ0v) is 13.8. The van der Waals surface area contributed by atoms with Gasteiger partial charge < -0.3 is 5.11 Å². The molecule has 3 nitrogen and oxygen atoms in total. The van der Waals surface area contributed by atoms with Gasteiger partial charge in [-0.2, -0.15) is 0 Å². The van der Waals surface area contributed by atoms with Crippen LogP contribution in [-0.4, -0.2) is 24.5 Å². The first-order valence-electron chi connectivity index (χ1n) is 7.54. The molecular formula is C18H22O3S. The molecule has 2 rings (SSSR count). The first-order valence-corrected chi connectivity index (χ1v) is 9.26. The number of hydrogen-bond donors (Lipinski definition) is 1. The zero-order chi connectivity index (χ0) is 16.2. The van der Waals surface area contributed by atoms with Crippen molar-refractivity contribution in [1.82, 2.24) is 0 Å². The lowest BCUT2D eigenvalue weighted by Gasteiger charge is -2.21. The molecular weight excluding hydrogens is 296 g/mol. The maximum atomic E-state index is 12.1. The smallest absolute Gasteiger partial charge is 0.155 e. The SMILES string of the molecule is CCC(C(O)c1ccc(-c2ccccc2)cc1)S(=O)(=O)CC. The summed E-state index contributed by atoms with van der Waals surface area (Å²) in [6, 6.07) is 17.4. The third kappa shape index (κ3) is 3.57. The summed E-state index contributed by atoms with van der Waals surface area (Å²) < 4.78 is 24.1. The lowest BCUT2D eigenvalue weighted by atomic mass is 10.00. The molecule has 2 atom stereocenters. The zero-order valence-electron chi connectivity index (χ0n) is 12.9. The van der Waals surface area contributed by atoms with Crippen molar-refractivity contribution in [1.29, 1.82) is 0 Å². The Labute approximate surface area is 132 Å². The van der Waals surface area contributed by atoms with E-state index >= 15 is 0 Å². The van der Waals surface area contributed by atoms with Gasteiger partial charge in [-0.05, 0) is 23.1 Å². The summed E-state index contributed by atoms with van der Waals surface area (Å²) in [6.45, 7) is 3.41. The Morgan fingerprint density at radius 1 is 0.909 bits per heavy atom. The van der Waals surface area contributed by atoms with Gasteiger partial charge in [-0.25, -0.2) is 8.42 Å². The molecule has 0 heterocycles. The summed E-state index contributed by atoms with van der Waals surface area (Å²) in [4.78, 5) is 0. The van der Waals surface area contributed by atoms with Crippen LogP contribution in [0.3, 0.4) is 0 Å². The van der Waals surface area contributed by atoms with Crippen LogP contribution in [0.4, 0.5) is 0 Å². The first-order chi connectivity index (χ1) is 10.5. The van der Waals surface area contributed by atoms with E-state index in [1.54, 1.807) is 26.0 Å².